The summed E-state index contributed by atoms with van der Waals surface area (Å²) in [6.45, 7) is 6.25. The normalized spacial score (nSPS) is 43.0. The molecule has 4 aliphatic carbocycles. The molecule has 4 saturated carbocycles. The summed E-state index contributed by atoms with van der Waals surface area (Å²) in [7, 11) is 1.87. The van der Waals surface area contributed by atoms with Gasteiger partial charge in [0.2, 0.25) is 5.91 Å². The Morgan fingerprint density at radius 1 is 0.950 bits per heavy atom. The van der Waals surface area contributed by atoms with E-state index in [4.69, 9.17) is 9.84 Å². The molecule has 232 valence electrons. The van der Waals surface area contributed by atoms with Crippen molar-refractivity contribution < 1.29 is 40.2 Å². The van der Waals surface area contributed by atoms with Crippen LogP contribution in [-0.2, 0) is 9.53 Å². The van der Waals surface area contributed by atoms with Crippen LogP contribution in [0.25, 0.3) is 0 Å². The molecule has 7 N–H and O–H groups in total. The minimum atomic E-state index is -1.71. The molecule has 0 bridgehead atoms. The van der Waals surface area contributed by atoms with Crippen LogP contribution in [0.5, 0.6) is 0 Å². The van der Waals surface area contributed by atoms with E-state index in [9.17, 15) is 30.3 Å². The number of fused-ring (bicyclic) bond motifs is 5. The van der Waals surface area contributed by atoms with E-state index in [1.165, 1.54) is 25.7 Å². The number of carbonyl (C=O) groups is 1. The van der Waals surface area contributed by atoms with Crippen molar-refractivity contribution in [1.29, 1.82) is 0 Å². The van der Waals surface area contributed by atoms with Crippen molar-refractivity contribution in [3.63, 3.8) is 0 Å². The van der Waals surface area contributed by atoms with Gasteiger partial charge in [0.05, 0.1) is 24.9 Å². The molecule has 9 nitrogen and oxygen atoms in total. The quantitative estimate of drug-likeness (QED) is 0.198. The van der Waals surface area contributed by atoms with Crippen LogP contribution in [-0.4, -0.2) is 93.4 Å². The smallest absolute Gasteiger partial charge is 0.220 e. The Kier molecular flexibility index (Phi) is 10.3. The van der Waals surface area contributed by atoms with Crippen molar-refractivity contribution in [2.75, 3.05) is 20.3 Å². The monoisotopic (exact) mass is 569 g/mol. The maximum atomic E-state index is 12.6. The molecule has 0 aliphatic heterocycles. The number of ether oxygens (including phenoxy) is 1. The van der Waals surface area contributed by atoms with E-state index in [0.29, 0.717) is 41.9 Å². The lowest BCUT2D eigenvalue weighted by atomic mass is 9.43. The molecule has 4 aliphatic rings. The Morgan fingerprint density at radius 2 is 1.60 bits per heavy atom. The number of nitrogens with one attached hydrogen (secondary N) is 1. The molecular weight excluding hydrogens is 514 g/mol. The summed E-state index contributed by atoms with van der Waals surface area (Å²) in [4.78, 5) is 12.6. The third-order valence-corrected chi connectivity index (χ3v) is 12.4. The number of hydrogen-bond donors (Lipinski definition) is 7. The molecule has 9 heteroatoms. The van der Waals surface area contributed by atoms with Crippen molar-refractivity contribution in [2.45, 2.75) is 122 Å². The van der Waals surface area contributed by atoms with Crippen molar-refractivity contribution in [1.82, 2.24) is 5.32 Å². The molecule has 40 heavy (non-hydrogen) atoms. The topological polar surface area (TPSA) is 160 Å². The third-order valence-electron chi connectivity index (χ3n) is 12.4. The molecule has 1 amide bonds. The van der Waals surface area contributed by atoms with Crippen LogP contribution >= 0.6 is 0 Å². The van der Waals surface area contributed by atoms with Crippen LogP contribution in [0.15, 0.2) is 0 Å². The lowest BCUT2D eigenvalue weighted by Gasteiger charge is -2.63. The summed E-state index contributed by atoms with van der Waals surface area (Å²) in [5.74, 6) is 3.01. The van der Waals surface area contributed by atoms with Crippen LogP contribution < -0.4 is 5.32 Å². The fraction of sp³-hybridized carbons (Fsp3) is 0.968. The molecule has 0 saturated heterocycles. The molecule has 4 fully saturated rings. The van der Waals surface area contributed by atoms with E-state index < -0.39 is 31.0 Å². The predicted molar refractivity (Wildman–Crippen MR) is 150 cm³/mol. The minimum absolute atomic E-state index is 0.172. The maximum Gasteiger partial charge on any atom is 0.220 e. The second-order valence-electron chi connectivity index (χ2n) is 14.3. The number of carbonyl (C=O) groups excluding carboxylic acids is 1. The van der Waals surface area contributed by atoms with E-state index in [0.717, 1.165) is 32.1 Å². The van der Waals surface area contributed by atoms with Crippen molar-refractivity contribution in [3.05, 3.63) is 0 Å². The highest BCUT2D eigenvalue weighted by atomic mass is 16.5. The van der Waals surface area contributed by atoms with Gasteiger partial charge in [-0.2, -0.15) is 0 Å². The van der Waals surface area contributed by atoms with E-state index in [2.05, 4.69) is 26.1 Å². The molecule has 14 atom stereocenters. The first kappa shape index (κ1) is 32.1. The van der Waals surface area contributed by atoms with Gasteiger partial charge in [-0.15, -0.1) is 0 Å². The fourth-order valence-electron chi connectivity index (χ4n) is 9.95. The summed E-state index contributed by atoms with van der Waals surface area (Å²) < 4.78 is 6.20. The molecule has 0 radical (unpaired) electrons. The highest BCUT2D eigenvalue weighted by Crippen LogP contribution is 2.68. The largest absolute Gasteiger partial charge is 0.394 e. The Labute approximate surface area is 239 Å². The predicted octanol–water partition coefficient (Wildman–Crippen LogP) is 1.60. The van der Waals surface area contributed by atoms with E-state index >= 15 is 0 Å². The maximum absolute atomic E-state index is 12.6. The Balaban J connectivity index is 1.33. The lowest BCUT2D eigenvalue weighted by Crippen LogP contribution is -2.59. The van der Waals surface area contributed by atoms with Crippen molar-refractivity contribution >= 4 is 5.91 Å². The third kappa shape index (κ3) is 5.99. The summed E-state index contributed by atoms with van der Waals surface area (Å²) >= 11 is 0. The van der Waals surface area contributed by atoms with Crippen LogP contribution in [0.3, 0.4) is 0 Å². The zero-order valence-electron chi connectivity index (χ0n) is 24.9. The standard InChI is InChI=1S/C31H55NO8/c1-17(5-8-26(37)32-15-23(35)28(38)29(39)24(36)16-33)20-6-7-21-27-22(10-12-31(20,21)3)30(2)11-9-19(34)13-18(30)14-25(27)40-4/h17-25,27-29,33-36,38-39H,5-16H2,1-4H3,(H,32,37)/t17?,18-,19+,20+,21-,22-,23-,24+,25+,27-,28+,29+,30-,31+/m0/s1. The number of amides is 1. The van der Waals surface area contributed by atoms with Crippen LogP contribution in [0, 0.1) is 46.3 Å². The van der Waals surface area contributed by atoms with Gasteiger partial charge in [-0.3, -0.25) is 4.79 Å². The number of hydrogen-bond acceptors (Lipinski definition) is 8. The minimum Gasteiger partial charge on any atom is -0.394 e. The van der Waals surface area contributed by atoms with Crippen molar-refractivity contribution in [3.8, 4) is 0 Å². The van der Waals surface area contributed by atoms with Gasteiger partial charge >= 0.3 is 0 Å². The molecule has 0 aromatic heterocycles. The lowest BCUT2D eigenvalue weighted by molar-refractivity contribution is -0.181. The molecular formula is C31H55NO8. The van der Waals surface area contributed by atoms with Gasteiger partial charge in [-0.25, -0.2) is 0 Å². The van der Waals surface area contributed by atoms with Gasteiger partial charge < -0.3 is 40.7 Å². The molecule has 4 rings (SSSR count). The second-order valence-corrected chi connectivity index (χ2v) is 14.3. The Bertz CT molecular complexity index is 859. The first-order chi connectivity index (χ1) is 18.9. The van der Waals surface area contributed by atoms with E-state index in [1.54, 1.807) is 0 Å². The average Bonchev–Trinajstić information content (AvgIpc) is 3.30. The average molecular weight is 570 g/mol. The first-order valence-electron chi connectivity index (χ1n) is 15.7. The van der Waals surface area contributed by atoms with Crippen LogP contribution in [0.1, 0.15) is 85.0 Å². The fourth-order valence-corrected chi connectivity index (χ4v) is 9.95. The summed E-state index contributed by atoms with van der Waals surface area (Å²) in [5, 5.41) is 61.3. The van der Waals surface area contributed by atoms with Gasteiger partial charge in [-0.05, 0) is 104 Å². The molecule has 1 unspecified atom stereocenters. The van der Waals surface area contributed by atoms with Gasteiger partial charge in [0.15, 0.2) is 0 Å². The Morgan fingerprint density at radius 3 is 2.27 bits per heavy atom. The zero-order valence-corrected chi connectivity index (χ0v) is 24.9. The van der Waals surface area contributed by atoms with E-state index in [1.807, 2.05) is 7.11 Å². The molecule has 0 heterocycles. The van der Waals surface area contributed by atoms with Gasteiger partial charge in [-0.1, -0.05) is 20.8 Å². The number of aliphatic hydroxyl groups is 6. The SMILES string of the molecule is CO[C@@H]1C[C@@H]2C[C@H](O)CC[C@]2(C)[C@H]2CC[C@]3(C)[C@@H](C(C)CCC(=O)NC[C@H](O)[C@@H](O)[C@H](O)[C@H](O)CO)CC[C@H]3[C@H]12. The summed E-state index contributed by atoms with van der Waals surface area (Å²) in [6.07, 6.45) is 3.48. The van der Waals surface area contributed by atoms with Gasteiger partial charge in [0.1, 0.15) is 18.3 Å². The molecule has 0 spiro atoms. The van der Waals surface area contributed by atoms with Crippen LogP contribution in [0.2, 0.25) is 0 Å². The number of methoxy groups -OCH3 is 1. The van der Waals surface area contributed by atoms with Gasteiger partial charge in [0.25, 0.3) is 0 Å². The van der Waals surface area contributed by atoms with Crippen molar-refractivity contribution in [2.24, 2.45) is 46.3 Å². The van der Waals surface area contributed by atoms with E-state index in [-0.39, 0.29) is 35.5 Å². The molecule has 0 aromatic rings. The highest BCUT2D eigenvalue weighted by Gasteiger charge is 2.63. The summed E-state index contributed by atoms with van der Waals surface area (Å²) in [6, 6.07) is 0. The first-order valence-corrected chi connectivity index (χ1v) is 15.7. The molecule has 0 aromatic carbocycles. The number of aliphatic hydroxyl groups excluding tert-OH is 6. The van der Waals surface area contributed by atoms with Crippen LogP contribution in [0.4, 0.5) is 0 Å². The summed E-state index contributed by atoms with van der Waals surface area (Å²) in [5.41, 5.74) is 0.502. The second kappa shape index (κ2) is 12.8. The zero-order chi connectivity index (χ0) is 29.4. The number of rotatable bonds is 11. The van der Waals surface area contributed by atoms with Gasteiger partial charge in [0, 0.05) is 20.1 Å². The highest BCUT2D eigenvalue weighted by molar-refractivity contribution is 5.75. The Hall–Kier alpha value is -0.810.